The Morgan fingerprint density at radius 1 is 1.35 bits per heavy atom. The molecule has 3 rings (SSSR count). The molecule has 1 aromatic carbocycles. The van der Waals surface area contributed by atoms with E-state index in [0.717, 1.165) is 30.2 Å². The molecule has 0 bridgehead atoms. The fraction of sp³-hybridized carbons (Fsp3) is 0.375. The normalized spacial score (nSPS) is 14.7. The molecule has 23 heavy (non-hydrogen) atoms. The third-order valence-electron chi connectivity index (χ3n) is 3.76. The summed E-state index contributed by atoms with van der Waals surface area (Å²) >= 11 is 1.86. The van der Waals surface area contributed by atoms with E-state index in [9.17, 15) is 9.18 Å². The lowest BCUT2D eigenvalue weighted by Gasteiger charge is -2.26. The number of thioether (sulfide) groups is 1. The second-order valence-electron chi connectivity index (χ2n) is 5.42. The number of amides is 2. The molecule has 1 aromatic heterocycles. The molecular weight excluding hydrogens is 315 g/mol. The van der Waals surface area contributed by atoms with Gasteiger partial charge in [-0.1, -0.05) is 6.07 Å². The highest BCUT2D eigenvalue weighted by Gasteiger charge is 2.16. The topological polar surface area (TPSA) is 50.2 Å². The number of halogens is 1. The Morgan fingerprint density at radius 2 is 2.17 bits per heavy atom. The summed E-state index contributed by atoms with van der Waals surface area (Å²) in [6.07, 6.45) is 5.11. The van der Waals surface area contributed by atoms with Gasteiger partial charge in [-0.15, -0.1) is 0 Å². The smallest absolute Gasteiger partial charge is 0.317 e. The zero-order valence-electron chi connectivity index (χ0n) is 12.7. The molecule has 0 atom stereocenters. The third kappa shape index (κ3) is 4.25. The summed E-state index contributed by atoms with van der Waals surface area (Å²) in [6, 6.07) is 4.90. The summed E-state index contributed by atoms with van der Waals surface area (Å²) in [5.41, 5.74) is 1.48. The number of nitrogens with zero attached hydrogens (tertiary/aromatic N) is 3. The summed E-state index contributed by atoms with van der Waals surface area (Å²) in [4.78, 5) is 17.9. The van der Waals surface area contributed by atoms with Gasteiger partial charge >= 0.3 is 6.03 Å². The molecule has 5 nitrogen and oxygen atoms in total. The maximum Gasteiger partial charge on any atom is 0.317 e. The van der Waals surface area contributed by atoms with Gasteiger partial charge in [-0.05, 0) is 17.7 Å². The Bertz CT molecular complexity index is 656. The van der Waals surface area contributed by atoms with Crippen LogP contribution in [0.15, 0.2) is 36.9 Å². The quantitative estimate of drug-likeness (QED) is 0.934. The third-order valence-corrected chi connectivity index (χ3v) is 4.71. The standard InChI is InChI=1S/C16H19FN4OS/c17-15-2-1-13(9-14(15)11-20-4-3-18-12-20)10-19-16(22)21-5-7-23-8-6-21/h1-4,9,12H,5-8,10-11H2,(H,19,22). The van der Waals surface area contributed by atoms with Crippen molar-refractivity contribution in [3.63, 3.8) is 0 Å². The van der Waals surface area contributed by atoms with Crippen molar-refractivity contribution in [1.29, 1.82) is 0 Å². The number of imidazole rings is 1. The Morgan fingerprint density at radius 3 is 2.91 bits per heavy atom. The van der Waals surface area contributed by atoms with Crippen LogP contribution in [0.5, 0.6) is 0 Å². The van der Waals surface area contributed by atoms with Gasteiger partial charge in [0.25, 0.3) is 0 Å². The predicted molar refractivity (Wildman–Crippen MR) is 88.9 cm³/mol. The van der Waals surface area contributed by atoms with Crippen LogP contribution < -0.4 is 5.32 Å². The van der Waals surface area contributed by atoms with E-state index < -0.39 is 0 Å². The minimum atomic E-state index is -0.248. The molecule has 122 valence electrons. The van der Waals surface area contributed by atoms with Crippen LogP contribution in [0.25, 0.3) is 0 Å². The first-order valence-electron chi connectivity index (χ1n) is 7.56. The zero-order valence-corrected chi connectivity index (χ0v) is 13.6. The molecule has 2 aromatic rings. The molecule has 0 spiro atoms. The van der Waals surface area contributed by atoms with Gasteiger partial charge in [0, 0.05) is 49.1 Å². The number of aromatic nitrogens is 2. The minimum absolute atomic E-state index is 0.0502. The van der Waals surface area contributed by atoms with Crippen molar-refractivity contribution in [2.75, 3.05) is 24.6 Å². The Balaban J connectivity index is 1.60. The molecule has 7 heteroatoms. The van der Waals surface area contributed by atoms with Crippen LogP contribution >= 0.6 is 11.8 Å². The second-order valence-corrected chi connectivity index (χ2v) is 6.64. The van der Waals surface area contributed by atoms with Crippen LogP contribution in [0, 0.1) is 5.82 Å². The number of nitrogens with one attached hydrogen (secondary N) is 1. The second kappa shape index (κ2) is 7.50. The van der Waals surface area contributed by atoms with Crippen molar-refractivity contribution in [3.05, 3.63) is 53.9 Å². The molecule has 0 radical (unpaired) electrons. The van der Waals surface area contributed by atoms with Gasteiger partial charge in [0.2, 0.25) is 0 Å². The van der Waals surface area contributed by atoms with Gasteiger partial charge in [-0.3, -0.25) is 0 Å². The molecule has 1 aliphatic heterocycles. The van der Waals surface area contributed by atoms with E-state index in [0.29, 0.717) is 18.7 Å². The van der Waals surface area contributed by atoms with E-state index in [1.54, 1.807) is 30.9 Å². The average Bonchev–Trinajstić information content (AvgIpc) is 3.09. The first-order chi connectivity index (χ1) is 11.2. The van der Waals surface area contributed by atoms with E-state index in [1.165, 1.54) is 6.07 Å². The molecule has 1 aliphatic rings. The number of carbonyl (C=O) groups excluding carboxylic acids is 1. The molecule has 0 unspecified atom stereocenters. The fourth-order valence-electron chi connectivity index (χ4n) is 2.49. The van der Waals surface area contributed by atoms with Gasteiger partial charge in [0.1, 0.15) is 5.82 Å². The highest BCUT2D eigenvalue weighted by Crippen LogP contribution is 2.13. The average molecular weight is 334 g/mol. The van der Waals surface area contributed by atoms with Crippen molar-refractivity contribution in [1.82, 2.24) is 19.8 Å². The first kappa shape index (κ1) is 15.9. The van der Waals surface area contributed by atoms with Crippen molar-refractivity contribution < 1.29 is 9.18 Å². The highest BCUT2D eigenvalue weighted by molar-refractivity contribution is 7.99. The number of benzene rings is 1. The molecule has 1 saturated heterocycles. The molecule has 1 N–H and O–H groups in total. The molecule has 0 saturated carbocycles. The Hall–Kier alpha value is -2.02. The van der Waals surface area contributed by atoms with Crippen molar-refractivity contribution in [2.45, 2.75) is 13.1 Å². The maximum absolute atomic E-state index is 13.9. The SMILES string of the molecule is O=C(NCc1ccc(F)c(Cn2ccnc2)c1)N1CCSCC1. The summed E-state index contributed by atoms with van der Waals surface area (Å²) in [7, 11) is 0. The lowest BCUT2D eigenvalue weighted by Crippen LogP contribution is -2.44. The largest absolute Gasteiger partial charge is 0.334 e. The van der Waals surface area contributed by atoms with E-state index in [4.69, 9.17) is 0 Å². The van der Waals surface area contributed by atoms with Gasteiger partial charge in [0.15, 0.2) is 0 Å². The van der Waals surface area contributed by atoms with Crippen molar-refractivity contribution >= 4 is 17.8 Å². The summed E-state index contributed by atoms with van der Waals surface area (Å²) in [6.45, 7) is 2.40. The van der Waals surface area contributed by atoms with Gasteiger partial charge in [-0.2, -0.15) is 11.8 Å². The van der Waals surface area contributed by atoms with Gasteiger partial charge in [0.05, 0.1) is 12.9 Å². The summed E-state index contributed by atoms with van der Waals surface area (Å²) in [5.74, 6) is 1.72. The molecule has 2 heterocycles. The van der Waals surface area contributed by atoms with Crippen LogP contribution in [0.4, 0.5) is 9.18 Å². The number of rotatable bonds is 4. The van der Waals surface area contributed by atoms with Crippen molar-refractivity contribution in [2.24, 2.45) is 0 Å². The number of hydrogen-bond acceptors (Lipinski definition) is 3. The van der Waals surface area contributed by atoms with E-state index >= 15 is 0 Å². The predicted octanol–water partition coefficient (Wildman–Crippen LogP) is 2.33. The van der Waals surface area contributed by atoms with E-state index in [1.807, 2.05) is 21.2 Å². The summed E-state index contributed by atoms with van der Waals surface area (Å²) in [5, 5.41) is 2.91. The monoisotopic (exact) mass is 334 g/mol. The lowest BCUT2D eigenvalue weighted by atomic mass is 10.1. The van der Waals surface area contributed by atoms with Crippen LogP contribution in [0.1, 0.15) is 11.1 Å². The Labute approximate surface area is 138 Å². The first-order valence-corrected chi connectivity index (χ1v) is 8.71. The number of urea groups is 1. The van der Waals surface area contributed by atoms with Crippen molar-refractivity contribution in [3.8, 4) is 0 Å². The number of carbonyl (C=O) groups is 1. The van der Waals surface area contributed by atoms with Gasteiger partial charge in [-0.25, -0.2) is 14.2 Å². The molecule has 0 aliphatic carbocycles. The molecule has 2 amide bonds. The minimum Gasteiger partial charge on any atom is -0.334 e. The molecular formula is C16H19FN4OS. The van der Waals surface area contributed by atoms with Gasteiger partial charge < -0.3 is 14.8 Å². The lowest BCUT2D eigenvalue weighted by molar-refractivity contribution is 0.202. The van der Waals surface area contributed by atoms with Crippen LogP contribution in [-0.2, 0) is 13.1 Å². The fourth-order valence-corrected chi connectivity index (χ4v) is 3.40. The number of hydrogen-bond donors (Lipinski definition) is 1. The Kier molecular flexibility index (Phi) is 5.17. The van der Waals surface area contributed by atoms with Crippen LogP contribution in [0.2, 0.25) is 0 Å². The highest BCUT2D eigenvalue weighted by atomic mass is 32.2. The summed E-state index contributed by atoms with van der Waals surface area (Å²) < 4.78 is 15.7. The van der Waals surface area contributed by atoms with Crippen LogP contribution in [-0.4, -0.2) is 45.1 Å². The van der Waals surface area contributed by atoms with E-state index in [-0.39, 0.29) is 11.8 Å². The zero-order chi connectivity index (χ0) is 16.1. The molecule has 1 fully saturated rings. The van der Waals surface area contributed by atoms with Crippen LogP contribution in [0.3, 0.4) is 0 Å². The van der Waals surface area contributed by atoms with E-state index in [2.05, 4.69) is 10.3 Å². The maximum atomic E-state index is 13.9.